The van der Waals surface area contributed by atoms with Crippen LogP contribution in [0, 0.1) is 11.6 Å². The van der Waals surface area contributed by atoms with Crippen molar-refractivity contribution >= 4 is 8.32 Å². The van der Waals surface area contributed by atoms with Crippen molar-refractivity contribution in [1.82, 2.24) is 0 Å². The highest BCUT2D eigenvalue weighted by atomic mass is 28.4. The first kappa shape index (κ1) is 12.3. The molecule has 0 aromatic heterocycles. The number of rotatable bonds is 4. The first-order valence-corrected chi connectivity index (χ1v) is 8.04. The van der Waals surface area contributed by atoms with Gasteiger partial charge in [0.15, 0.2) is 8.32 Å². The van der Waals surface area contributed by atoms with Gasteiger partial charge < -0.3 is 4.43 Å². The van der Waals surface area contributed by atoms with Crippen molar-refractivity contribution in [3.8, 4) is 0 Å². The van der Waals surface area contributed by atoms with E-state index in [0.717, 1.165) is 12.1 Å². The predicted molar refractivity (Wildman–Crippen MR) is 59.4 cm³/mol. The Balaban J connectivity index is 2.65. The number of halogens is 2. The molecule has 0 amide bonds. The smallest absolute Gasteiger partial charge is 0.186 e. The molecule has 0 heterocycles. The minimum absolute atomic E-state index is 0.512. The van der Waals surface area contributed by atoms with E-state index in [4.69, 9.17) is 4.43 Å². The van der Waals surface area contributed by atoms with Crippen molar-refractivity contribution in [2.75, 3.05) is 7.11 Å². The summed E-state index contributed by atoms with van der Waals surface area (Å²) in [5.74, 6) is -1.02. The fraction of sp³-hybridized carbons (Fsp3) is 0.455. The Labute approximate surface area is 90.2 Å². The molecule has 0 aliphatic rings. The minimum atomic E-state index is -1.64. The van der Waals surface area contributed by atoms with E-state index in [1.807, 2.05) is 0 Å². The second kappa shape index (κ2) is 4.85. The van der Waals surface area contributed by atoms with Gasteiger partial charge in [0.05, 0.1) is 0 Å². The van der Waals surface area contributed by atoms with Gasteiger partial charge in [-0.05, 0) is 43.3 Å². The Hall–Kier alpha value is -0.743. The van der Waals surface area contributed by atoms with Crippen LogP contribution in [0.4, 0.5) is 8.78 Å². The summed E-state index contributed by atoms with van der Waals surface area (Å²) >= 11 is 0. The molecule has 0 saturated carbocycles. The third kappa shape index (κ3) is 4.09. The molecule has 0 atom stereocenters. The fourth-order valence-corrected chi connectivity index (χ4v) is 2.40. The molecule has 1 aromatic carbocycles. The predicted octanol–water partition coefficient (Wildman–Crippen LogP) is 3.36. The van der Waals surface area contributed by atoms with Gasteiger partial charge in [-0.25, -0.2) is 8.78 Å². The van der Waals surface area contributed by atoms with Gasteiger partial charge in [-0.2, -0.15) is 0 Å². The molecular weight excluding hydrogens is 214 g/mol. The lowest BCUT2D eigenvalue weighted by atomic mass is 10.2. The second-order valence-electron chi connectivity index (χ2n) is 4.24. The van der Waals surface area contributed by atoms with Crippen LogP contribution in [0.5, 0.6) is 0 Å². The average molecular weight is 230 g/mol. The molecular formula is C11H16F2OSi. The number of hydrogen-bond acceptors (Lipinski definition) is 1. The molecule has 1 aromatic rings. The Morgan fingerprint density at radius 2 is 1.67 bits per heavy atom. The molecule has 0 unspecified atom stereocenters. The van der Waals surface area contributed by atoms with Crippen LogP contribution in [0.15, 0.2) is 18.2 Å². The zero-order valence-corrected chi connectivity index (χ0v) is 10.3. The molecule has 0 N–H and O–H groups in total. The van der Waals surface area contributed by atoms with Gasteiger partial charge in [-0.1, -0.05) is 0 Å². The second-order valence-corrected chi connectivity index (χ2v) is 8.67. The Morgan fingerprint density at radius 3 is 2.13 bits per heavy atom. The van der Waals surface area contributed by atoms with Gasteiger partial charge >= 0.3 is 0 Å². The van der Waals surface area contributed by atoms with Crippen LogP contribution in [0.3, 0.4) is 0 Å². The molecule has 84 valence electrons. The lowest BCUT2D eigenvalue weighted by Gasteiger charge is -2.19. The number of hydrogen-bond donors (Lipinski definition) is 0. The molecule has 1 rings (SSSR count). The summed E-state index contributed by atoms with van der Waals surface area (Å²) in [6.07, 6.45) is 0.668. The van der Waals surface area contributed by atoms with E-state index >= 15 is 0 Å². The summed E-state index contributed by atoms with van der Waals surface area (Å²) in [4.78, 5) is 0. The Morgan fingerprint density at radius 1 is 1.13 bits per heavy atom. The van der Waals surface area contributed by atoms with Gasteiger partial charge in [0.25, 0.3) is 0 Å². The summed E-state index contributed by atoms with van der Waals surface area (Å²) in [6, 6.07) is 4.52. The molecule has 1 nitrogen and oxygen atoms in total. The zero-order chi connectivity index (χ0) is 11.5. The number of benzene rings is 1. The lowest BCUT2D eigenvalue weighted by Crippen LogP contribution is -2.28. The largest absolute Gasteiger partial charge is 0.420 e. The highest BCUT2D eigenvalue weighted by Crippen LogP contribution is 2.16. The van der Waals surface area contributed by atoms with Crippen LogP contribution in [0.2, 0.25) is 19.1 Å². The third-order valence-electron chi connectivity index (χ3n) is 2.49. The molecule has 0 aliphatic heterocycles. The zero-order valence-electron chi connectivity index (χ0n) is 9.31. The molecule has 0 aliphatic carbocycles. The summed E-state index contributed by atoms with van der Waals surface area (Å²) in [5.41, 5.74) is 0.699. The third-order valence-corrected chi connectivity index (χ3v) is 5.05. The normalized spacial score (nSPS) is 11.8. The molecule has 15 heavy (non-hydrogen) atoms. The maximum atomic E-state index is 12.9. The van der Waals surface area contributed by atoms with E-state index in [1.165, 1.54) is 12.1 Å². The quantitative estimate of drug-likeness (QED) is 0.721. The van der Waals surface area contributed by atoms with Crippen molar-refractivity contribution < 1.29 is 13.2 Å². The van der Waals surface area contributed by atoms with E-state index in [-0.39, 0.29) is 0 Å². The molecule has 0 spiro atoms. The maximum absolute atomic E-state index is 12.9. The van der Waals surface area contributed by atoms with Crippen LogP contribution >= 0.6 is 0 Å². The molecule has 4 heteroatoms. The van der Waals surface area contributed by atoms with Gasteiger partial charge in [0, 0.05) is 13.2 Å². The van der Waals surface area contributed by atoms with Crippen LogP contribution in [0.1, 0.15) is 5.56 Å². The van der Waals surface area contributed by atoms with Crippen LogP contribution in [0.25, 0.3) is 0 Å². The average Bonchev–Trinajstić information content (AvgIpc) is 2.14. The van der Waals surface area contributed by atoms with Gasteiger partial charge in [0.1, 0.15) is 11.6 Å². The van der Waals surface area contributed by atoms with E-state index in [0.29, 0.717) is 12.0 Å². The van der Waals surface area contributed by atoms with E-state index < -0.39 is 20.0 Å². The standard InChI is InChI=1S/C11H16F2OSi/c1-14-15(2,3)5-4-9-6-10(12)8-11(13)7-9/h6-8H,4-5H2,1-3H3. The van der Waals surface area contributed by atoms with Gasteiger partial charge in [-0.3, -0.25) is 0 Å². The molecule has 0 fully saturated rings. The number of aryl methyl sites for hydroxylation is 1. The summed E-state index contributed by atoms with van der Waals surface area (Å²) in [6.45, 7) is 4.17. The maximum Gasteiger partial charge on any atom is 0.186 e. The first-order valence-electron chi connectivity index (χ1n) is 4.93. The first-order chi connectivity index (χ1) is 6.93. The van der Waals surface area contributed by atoms with Crippen LogP contribution in [-0.2, 0) is 10.8 Å². The van der Waals surface area contributed by atoms with E-state index in [9.17, 15) is 8.78 Å². The van der Waals surface area contributed by atoms with Gasteiger partial charge in [0.2, 0.25) is 0 Å². The topological polar surface area (TPSA) is 9.23 Å². The van der Waals surface area contributed by atoms with E-state index in [1.54, 1.807) is 7.11 Å². The van der Waals surface area contributed by atoms with Crippen molar-refractivity contribution in [3.63, 3.8) is 0 Å². The molecule has 0 saturated heterocycles. The Kier molecular flexibility index (Phi) is 3.99. The minimum Gasteiger partial charge on any atom is -0.420 e. The molecule has 0 bridgehead atoms. The fourth-order valence-electron chi connectivity index (χ4n) is 1.30. The summed E-state index contributed by atoms with van der Waals surface area (Å²) in [7, 11) is 0.0531. The van der Waals surface area contributed by atoms with Crippen molar-refractivity contribution in [3.05, 3.63) is 35.4 Å². The van der Waals surface area contributed by atoms with E-state index in [2.05, 4.69) is 13.1 Å². The van der Waals surface area contributed by atoms with Crippen LogP contribution < -0.4 is 0 Å². The highest BCUT2D eigenvalue weighted by molar-refractivity contribution is 6.71. The summed E-state index contributed by atoms with van der Waals surface area (Å²) < 4.78 is 31.1. The molecule has 0 radical (unpaired) electrons. The van der Waals surface area contributed by atoms with Crippen molar-refractivity contribution in [2.45, 2.75) is 25.6 Å². The van der Waals surface area contributed by atoms with Crippen LogP contribution in [-0.4, -0.2) is 15.4 Å². The van der Waals surface area contributed by atoms with Crippen molar-refractivity contribution in [2.24, 2.45) is 0 Å². The lowest BCUT2D eigenvalue weighted by molar-refractivity contribution is 0.403. The van der Waals surface area contributed by atoms with Crippen molar-refractivity contribution in [1.29, 1.82) is 0 Å². The van der Waals surface area contributed by atoms with Gasteiger partial charge in [-0.15, -0.1) is 0 Å². The summed E-state index contributed by atoms with van der Waals surface area (Å²) in [5, 5.41) is 0. The highest BCUT2D eigenvalue weighted by Gasteiger charge is 2.20. The Bertz CT molecular complexity index is 319. The monoisotopic (exact) mass is 230 g/mol. The SMILES string of the molecule is CO[Si](C)(C)CCc1cc(F)cc(F)c1.